The molecule has 0 aromatic carbocycles. The van der Waals surface area contributed by atoms with E-state index in [0.717, 1.165) is 0 Å². The first-order chi connectivity index (χ1) is 4.83. The van der Waals surface area contributed by atoms with Gasteiger partial charge in [0.15, 0.2) is 0 Å². The SMILES string of the molecule is C=CCCC1(CBr)CCC1. The fraction of sp³-hybridized carbons (Fsp3) is 0.778. The highest BCUT2D eigenvalue weighted by atomic mass is 79.9. The van der Waals surface area contributed by atoms with Crippen molar-refractivity contribution in [1.29, 1.82) is 0 Å². The minimum atomic E-state index is 0.661. The molecule has 0 bridgehead atoms. The molecule has 10 heavy (non-hydrogen) atoms. The zero-order valence-electron chi connectivity index (χ0n) is 6.41. The van der Waals surface area contributed by atoms with Gasteiger partial charge >= 0.3 is 0 Å². The molecule has 1 saturated carbocycles. The predicted octanol–water partition coefficient (Wildman–Crippen LogP) is 3.52. The van der Waals surface area contributed by atoms with E-state index in [1.54, 1.807) is 0 Å². The summed E-state index contributed by atoms with van der Waals surface area (Å²) in [5, 5.41) is 1.19. The standard InChI is InChI=1S/C9H15Br/c1-2-3-5-9(8-10)6-4-7-9/h2H,1,3-8H2. The van der Waals surface area contributed by atoms with E-state index in [4.69, 9.17) is 0 Å². The molecule has 1 rings (SSSR count). The van der Waals surface area contributed by atoms with Crippen LogP contribution in [0, 0.1) is 5.41 Å². The molecule has 0 aromatic heterocycles. The molecular formula is C9H15Br. The summed E-state index contributed by atoms with van der Waals surface area (Å²) in [6.45, 7) is 3.74. The van der Waals surface area contributed by atoms with Gasteiger partial charge in [-0.25, -0.2) is 0 Å². The van der Waals surface area contributed by atoms with Gasteiger partial charge in [-0.3, -0.25) is 0 Å². The molecule has 0 saturated heterocycles. The highest BCUT2D eigenvalue weighted by molar-refractivity contribution is 9.09. The van der Waals surface area contributed by atoms with Crippen molar-refractivity contribution in [1.82, 2.24) is 0 Å². The second kappa shape index (κ2) is 3.56. The zero-order valence-corrected chi connectivity index (χ0v) is 7.99. The molecule has 1 fully saturated rings. The van der Waals surface area contributed by atoms with Gasteiger partial charge < -0.3 is 0 Å². The summed E-state index contributed by atoms with van der Waals surface area (Å²) >= 11 is 3.58. The van der Waals surface area contributed by atoms with Crippen molar-refractivity contribution in [3.05, 3.63) is 12.7 Å². The Hall–Kier alpha value is 0.220. The lowest BCUT2D eigenvalue weighted by atomic mass is 9.68. The molecule has 1 aliphatic rings. The van der Waals surface area contributed by atoms with Crippen LogP contribution in [-0.2, 0) is 0 Å². The molecule has 0 aliphatic heterocycles. The maximum atomic E-state index is 3.74. The Balaban J connectivity index is 2.26. The van der Waals surface area contributed by atoms with Crippen molar-refractivity contribution in [2.24, 2.45) is 5.41 Å². The monoisotopic (exact) mass is 202 g/mol. The molecule has 58 valence electrons. The van der Waals surface area contributed by atoms with Crippen molar-refractivity contribution in [2.75, 3.05) is 5.33 Å². The molecular weight excluding hydrogens is 188 g/mol. The number of halogens is 1. The van der Waals surface area contributed by atoms with Gasteiger partial charge in [-0.15, -0.1) is 6.58 Å². The first-order valence-corrected chi connectivity index (χ1v) is 5.12. The summed E-state index contributed by atoms with van der Waals surface area (Å²) in [5.41, 5.74) is 0.661. The summed E-state index contributed by atoms with van der Waals surface area (Å²) in [6.07, 6.45) is 8.83. The van der Waals surface area contributed by atoms with E-state index in [-0.39, 0.29) is 0 Å². The summed E-state index contributed by atoms with van der Waals surface area (Å²) in [6, 6.07) is 0. The van der Waals surface area contributed by atoms with Crippen molar-refractivity contribution in [3.8, 4) is 0 Å². The lowest BCUT2D eigenvalue weighted by Gasteiger charge is -2.40. The van der Waals surface area contributed by atoms with Gasteiger partial charge in [-0.2, -0.15) is 0 Å². The van der Waals surface area contributed by atoms with E-state index < -0.39 is 0 Å². The van der Waals surface area contributed by atoms with Crippen LogP contribution in [0.4, 0.5) is 0 Å². The minimum Gasteiger partial charge on any atom is -0.103 e. The maximum absolute atomic E-state index is 3.74. The van der Waals surface area contributed by atoms with Crippen LogP contribution in [0.5, 0.6) is 0 Å². The summed E-state index contributed by atoms with van der Waals surface area (Å²) < 4.78 is 0. The molecule has 0 aromatic rings. The molecule has 0 nitrogen and oxygen atoms in total. The average molecular weight is 203 g/mol. The van der Waals surface area contributed by atoms with E-state index >= 15 is 0 Å². The van der Waals surface area contributed by atoms with Crippen molar-refractivity contribution < 1.29 is 0 Å². The Morgan fingerprint density at radius 3 is 2.50 bits per heavy atom. The third-order valence-corrected chi connectivity index (χ3v) is 3.77. The van der Waals surface area contributed by atoms with Crippen LogP contribution in [0.1, 0.15) is 32.1 Å². The Morgan fingerprint density at radius 1 is 1.50 bits per heavy atom. The number of rotatable bonds is 4. The first-order valence-electron chi connectivity index (χ1n) is 4.00. The molecule has 0 heterocycles. The van der Waals surface area contributed by atoms with Crippen LogP contribution < -0.4 is 0 Å². The number of hydrogen-bond acceptors (Lipinski definition) is 0. The Bertz CT molecular complexity index is 108. The molecule has 0 atom stereocenters. The van der Waals surface area contributed by atoms with Crippen molar-refractivity contribution in [2.45, 2.75) is 32.1 Å². The van der Waals surface area contributed by atoms with Gasteiger partial charge in [-0.1, -0.05) is 28.4 Å². The lowest BCUT2D eigenvalue weighted by Crippen LogP contribution is -2.30. The summed E-state index contributed by atoms with van der Waals surface area (Å²) in [4.78, 5) is 0. The van der Waals surface area contributed by atoms with Crippen molar-refractivity contribution >= 4 is 15.9 Å². The fourth-order valence-corrected chi connectivity index (χ4v) is 2.38. The van der Waals surface area contributed by atoms with E-state index in [0.29, 0.717) is 5.41 Å². The van der Waals surface area contributed by atoms with E-state index in [9.17, 15) is 0 Å². The maximum Gasteiger partial charge on any atom is 0.00880 e. The van der Waals surface area contributed by atoms with Gasteiger partial charge in [0.1, 0.15) is 0 Å². The summed E-state index contributed by atoms with van der Waals surface area (Å²) in [5.74, 6) is 0. The van der Waals surface area contributed by atoms with Crippen LogP contribution in [0.25, 0.3) is 0 Å². The van der Waals surface area contributed by atoms with E-state index in [1.165, 1.54) is 37.4 Å². The minimum absolute atomic E-state index is 0.661. The lowest BCUT2D eigenvalue weighted by molar-refractivity contribution is 0.156. The molecule has 1 heteroatoms. The van der Waals surface area contributed by atoms with Gasteiger partial charge in [0.25, 0.3) is 0 Å². The van der Waals surface area contributed by atoms with Gasteiger partial charge in [0, 0.05) is 5.33 Å². The zero-order chi connectivity index (χ0) is 7.45. The largest absolute Gasteiger partial charge is 0.103 e. The first kappa shape index (κ1) is 8.32. The van der Waals surface area contributed by atoms with E-state index in [2.05, 4.69) is 22.5 Å². The average Bonchev–Trinajstić information content (AvgIpc) is 1.87. The Morgan fingerprint density at radius 2 is 2.20 bits per heavy atom. The van der Waals surface area contributed by atoms with Crippen molar-refractivity contribution in [3.63, 3.8) is 0 Å². The van der Waals surface area contributed by atoms with Crippen LogP contribution in [0.3, 0.4) is 0 Å². The third-order valence-electron chi connectivity index (χ3n) is 2.58. The number of alkyl halides is 1. The smallest absolute Gasteiger partial charge is 0.00880 e. The fourth-order valence-electron chi connectivity index (χ4n) is 1.54. The Kier molecular flexibility index (Phi) is 2.96. The second-order valence-corrected chi connectivity index (χ2v) is 3.88. The quantitative estimate of drug-likeness (QED) is 0.484. The topological polar surface area (TPSA) is 0 Å². The molecule has 1 aliphatic carbocycles. The number of hydrogen-bond donors (Lipinski definition) is 0. The highest BCUT2D eigenvalue weighted by Gasteiger charge is 2.34. The van der Waals surface area contributed by atoms with Crippen LogP contribution in [0.15, 0.2) is 12.7 Å². The van der Waals surface area contributed by atoms with Crippen LogP contribution in [0.2, 0.25) is 0 Å². The van der Waals surface area contributed by atoms with E-state index in [1.807, 2.05) is 6.08 Å². The highest BCUT2D eigenvalue weighted by Crippen LogP contribution is 2.45. The predicted molar refractivity (Wildman–Crippen MR) is 49.5 cm³/mol. The molecule has 0 unspecified atom stereocenters. The summed E-state index contributed by atoms with van der Waals surface area (Å²) in [7, 11) is 0. The van der Waals surface area contributed by atoms with Gasteiger partial charge in [-0.05, 0) is 31.1 Å². The normalized spacial score (nSPS) is 21.7. The van der Waals surface area contributed by atoms with Gasteiger partial charge in [0.2, 0.25) is 0 Å². The van der Waals surface area contributed by atoms with Crippen LogP contribution >= 0.6 is 15.9 Å². The molecule has 0 N–H and O–H groups in total. The molecule has 0 radical (unpaired) electrons. The van der Waals surface area contributed by atoms with Crippen LogP contribution in [-0.4, -0.2) is 5.33 Å². The van der Waals surface area contributed by atoms with Gasteiger partial charge in [0.05, 0.1) is 0 Å². The molecule has 0 amide bonds. The number of allylic oxidation sites excluding steroid dienone is 1. The molecule has 0 spiro atoms. The Labute approximate surface area is 71.8 Å². The second-order valence-electron chi connectivity index (χ2n) is 3.31. The third kappa shape index (κ3) is 1.63.